The van der Waals surface area contributed by atoms with Gasteiger partial charge in [-0.2, -0.15) is 0 Å². The number of benzene rings is 2. The summed E-state index contributed by atoms with van der Waals surface area (Å²) in [6.45, 7) is 3.47. The fraction of sp³-hybridized carbons (Fsp3) is 0.125. The molecule has 5 heteroatoms. The lowest BCUT2D eigenvalue weighted by molar-refractivity contribution is 0.101. The molecule has 0 aliphatic rings. The lowest BCUT2D eigenvalue weighted by Crippen LogP contribution is -2.19. The van der Waals surface area contributed by atoms with Gasteiger partial charge in [0.2, 0.25) is 0 Å². The summed E-state index contributed by atoms with van der Waals surface area (Å²) in [6, 6.07) is 12.8. The molecule has 0 saturated heterocycles. The number of ketones is 1. The fourth-order valence-electron chi connectivity index (χ4n) is 1.78. The van der Waals surface area contributed by atoms with E-state index in [1.165, 1.54) is 6.92 Å². The van der Waals surface area contributed by atoms with E-state index < -0.39 is 0 Å². The summed E-state index contributed by atoms with van der Waals surface area (Å²) in [4.78, 5) is 11.4. The number of hydrogen-bond acceptors (Lipinski definition) is 2. The number of rotatable bonds is 3. The molecule has 0 spiro atoms. The average molecular weight is 319 g/mol. The SMILES string of the molecule is CC(=O)c1cccc(NC(=S)Nc2ccc(C)c(Cl)c2)c1. The highest BCUT2D eigenvalue weighted by Gasteiger charge is 2.04. The highest BCUT2D eigenvalue weighted by atomic mass is 35.5. The summed E-state index contributed by atoms with van der Waals surface area (Å²) in [7, 11) is 0. The van der Waals surface area contributed by atoms with Crippen LogP contribution in [0.25, 0.3) is 0 Å². The van der Waals surface area contributed by atoms with E-state index in [1.807, 2.05) is 37.3 Å². The summed E-state index contributed by atoms with van der Waals surface area (Å²) in [5.74, 6) is 0.0165. The minimum Gasteiger partial charge on any atom is -0.332 e. The molecule has 0 aliphatic heterocycles. The monoisotopic (exact) mass is 318 g/mol. The van der Waals surface area contributed by atoms with Crippen molar-refractivity contribution in [1.29, 1.82) is 0 Å². The second kappa shape index (κ2) is 6.70. The summed E-state index contributed by atoms with van der Waals surface area (Å²) in [6.07, 6.45) is 0. The number of anilines is 2. The van der Waals surface area contributed by atoms with Crippen LogP contribution in [0, 0.1) is 6.92 Å². The minimum atomic E-state index is 0.0165. The van der Waals surface area contributed by atoms with Crippen LogP contribution in [0.3, 0.4) is 0 Å². The standard InChI is InChI=1S/C16H15ClN2OS/c1-10-6-7-14(9-15(10)17)19-16(21)18-13-5-3-4-12(8-13)11(2)20/h3-9H,1-2H3,(H2,18,19,21). The van der Waals surface area contributed by atoms with Crippen LogP contribution in [0.5, 0.6) is 0 Å². The molecule has 0 bridgehead atoms. The number of nitrogens with one attached hydrogen (secondary N) is 2. The topological polar surface area (TPSA) is 41.1 Å². The first-order valence-corrected chi connectivity index (χ1v) is 7.19. The maximum atomic E-state index is 11.4. The van der Waals surface area contributed by atoms with Gasteiger partial charge in [-0.15, -0.1) is 0 Å². The zero-order chi connectivity index (χ0) is 15.4. The fourth-order valence-corrected chi connectivity index (χ4v) is 2.20. The molecule has 0 unspecified atom stereocenters. The Bertz CT molecular complexity index is 700. The minimum absolute atomic E-state index is 0.0165. The van der Waals surface area contributed by atoms with Crippen LogP contribution in [0.15, 0.2) is 42.5 Å². The van der Waals surface area contributed by atoms with Crippen molar-refractivity contribution in [3.63, 3.8) is 0 Å². The first kappa shape index (κ1) is 15.5. The Balaban J connectivity index is 2.06. The number of thiocarbonyl (C=S) groups is 1. The smallest absolute Gasteiger partial charge is 0.175 e. The van der Waals surface area contributed by atoms with Gasteiger partial charge in [0.15, 0.2) is 10.9 Å². The molecular formula is C16H15ClN2OS. The van der Waals surface area contributed by atoms with Crippen LogP contribution in [0.1, 0.15) is 22.8 Å². The van der Waals surface area contributed by atoms with E-state index >= 15 is 0 Å². The van der Waals surface area contributed by atoms with Gasteiger partial charge in [-0.25, -0.2) is 0 Å². The van der Waals surface area contributed by atoms with E-state index in [4.69, 9.17) is 23.8 Å². The Labute approximate surface area is 134 Å². The van der Waals surface area contributed by atoms with Crippen molar-refractivity contribution in [2.45, 2.75) is 13.8 Å². The molecule has 0 saturated carbocycles. The van der Waals surface area contributed by atoms with Crippen molar-refractivity contribution in [3.8, 4) is 0 Å². The summed E-state index contributed by atoms with van der Waals surface area (Å²) in [5, 5.41) is 7.23. The van der Waals surface area contributed by atoms with Gasteiger partial charge in [0, 0.05) is 22.0 Å². The zero-order valence-corrected chi connectivity index (χ0v) is 13.3. The van der Waals surface area contributed by atoms with Gasteiger partial charge in [0.1, 0.15) is 0 Å². The van der Waals surface area contributed by atoms with Gasteiger partial charge >= 0.3 is 0 Å². The molecule has 2 N–H and O–H groups in total. The largest absolute Gasteiger partial charge is 0.332 e. The second-order valence-electron chi connectivity index (χ2n) is 4.68. The van der Waals surface area contributed by atoms with Gasteiger partial charge in [-0.05, 0) is 55.9 Å². The molecule has 3 nitrogen and oxygen atoms in total. The van der Waals surface area contributed by atoms with E-state index in [0.29, 0.717) is 15.7 Å². The number of carbonyl (C=O) groups is 1. The van der Waals surface area contributed by atoms with Crippen LogP contribution in [-0.4, -0.2) is 10.9 Å². The number of aryl methyl sites for hydroxylation is 1. The van der Waals surface area contributed by atoms with Crippen LogP contribution in [0.2, 0.25) is 5.02 Å². The molecular weight excluding hydrogens is 304 g/mol. The maximum Gasteiger partial charge on any atom is 0.175 e. The third kappa shape index (κ3) is 4.28. The predicted molar refractivity (Wildman–Crippen MR) is 92.5 cm³/mol. The Kier molecular flexibility index (Phi) is 4.94. The van der Waals surface area contributed by atoms with Crippen LogP contribution in [0.4, 0.5) is 11.4 Å². The lowest BCUT2D eigenvalue weighted by Gasteiger charge is -2.12. The van der Waals surface area contributed by atoms with Crippen LogP contribution < -0.4 is 10.6 Å². The van der Waals surface area contributed by atoms with Gasteiger partial charge in [0.05, 0.1) is 0 Å². The lowest BCUT2D eigenvalue weighted by atomic mass is 10.1. The summed E-state index contributed by atoms with van der Waals surface area (Å²) < 4.78 is 0. The Morgan fingerprint density at radius 3 is 2.38 bits per heavy atom. The third-order valence-electron chi connectivity index (χ3n) is 2.96. The molecule has 0 aromatic heterocycles. The van der Waals surface area contributed by atoms with Crippen molar-refractivity contribution in [2.24, 2.45) is 0 Å². The Morgan fingerprint density at radius 1 is 1.10 bits per heavy atom. The van der Waals surface area contributed by atoms with Crippen molar-refractivity contribution in [1.82, 2.24) is 0 Å². The van der Waals surface area contributed by atoms with Gasteiger partial charge in [-0.3, -0.25) is 4.79 Å². The number of carbonyl (C=O) groups excluding carboxylic acids is 1. The predicted octanol–water partition coefficient (Wildman–Crippen LogP) is 4.66. The number of halogens is 1. The summed E-state index contributed by atoms with van der Waals surface area (Å²) in [5.41, 5.74) is 3.22. The first-order chi connectivity index (χ1) is 9.95. The van der Waals surface area contributed by atoms with Gasteiger partial charge < -0.3 is 10.6 Å². The van der Waals surface area contributed by atoms with Crippen molar-refractivity contribution in [2.75, 3.05) is 10.6 Å². The molecule has 21 heavy (non-hydrogen) atoms. The number of hydrogen-bond donors (Lipinski definition) is 2. The van der Waals surface area contributed by atoms with Crippen LogP contribution >= 0.6 is 23.8 Å². The summed E-state index contributed by atoms with van der Waals surface area (Å²) >= 11 is 11.3. The van der Waals surface area contributed by atoms with Crippen molar-refractivity contribution >= 4 is 46.1 Å². The molecule has 0 fully saturated rings. The maximum absolute atomic E-state index is 11.4. The Hall–Kier alpha value is -1.91. The third-order valence-corrected chi connectivity index (χ3v) is 3.57. The molecule has 0 heterocycles. The second-order valence-corrected chi connectivity index (χ2v) is 5.50. The van der Waals surface area contributed by atoms with Gasteiger partial charge in [-0.1, -0.05) is 29.8 Å². The van der Waals surface area contributed by atoms with E-state index in [0.717, 1.165) is 16.9 Å². The van der Waals surface area contributed by atoms with E-state index in [-0.39, 0.29) is 5.78 Å². The van der Waals surface area contributed by atoms with Crippen molar-refractivity contribution in [3.05, 3.63) is 58.6 Å². The number of Topliss-reactive ketones (excluding diaryl/α,β-unsaturated/α-hetero) is 1. The quantitative estimate of drug-likeness (QED) is 0.638. The average Bonchev–Trinajstić information content (AvgIpc) is 2.43. The molecule has 2 rings (SSSR count). The van der Waals surface area contributed by atoms with E-state index in [2.05, 4.69) is 10.6 Å². The molecule has 0 aliphatic carbocycles. The molecule has 0 amide bonds. The molecule has 108 valence electrons. The molecule has 2 aromatic rings. The molecule has 0 atom stereocenters. The van der Waals surface area contributed by atoms with Crippen molar-refractivity contribution < 1.29 is 4.79 Å². The van der Waals surface area contributed by atoms with Gasteiger partial charge in [0.25, 0.3) is 0 Å². The normalized spacial score (nSPS) is 10.0. The first-order valence-electron chi connectivity index (χ1n) is 6.41. The highest BCUT2D eigenvalue weighted by molar-refractivity contribution is 7.80. The van der Waals surface area contributed by atoms with E-state index in [9.17, 15) is 4.79 Å². The van der Waals surface area contributed by atoms with E-state index in [1.54, 1.807) is 12.1 Å². The van der Waals surface area contributed by atoms with Crippen LogP contribution in [-0.2, 0) is 0 Å². The zero-order valence-electron chi connectivity index (χ0n) is 11.7. The molecule has 2 aromatic carbocycles. The molecule has 0 radical (unpaired) electrons. The Morgan fingerprint density at radius 2 is 1.76 bits per heavy atom. The highest BCUT2D eigenvalue weighted by Crippen LogP contribution is 2.20.